The molecular weight excluding hydrogens is 258 g/mol. The van der Waals surface area contributed by atoms with E-state index >= 15 is 0 Å². The lowest BCUT2D eigenvalue weighted by Crippen LogP contribution is -2.07. The maximum atomic E-state index is 11.6. The van der Waals surface area contributed by atoms with E-state index in [4.69, 9.17) is 4.74 Å². The van der Waals surface area contributed by atoms with Crippen LogP contribution >= 0.6 is 11.3 Å². The van der Waals surface area contributed by atoms with E-state index in [2.05, 4.69) is 24.4 Å². The van der Waals surface area contributed by atoms with Crippen LogP contribution in [-0.4, -0.2) is 13.1 Å². The van der Waals surface area contributed by atoms with Crippen LogP contribution in [0.1, 0.15) is 25.7 Å². The molecule has 1 aromatic carbocycles. The van der Waals surface area contributed by atoms with Crippen LogP contribution in [0.3, 0.4) is 0 Å². The summed E-state index contributed by atoms with van der Waals surface area (Å²) in [6, 6.07) is 9.84. The minimum atomic E-state index is -0.298. The van der Waals surface area contributed by atoms with Crippen LogP contribution in [-0.2, 0) is 11.3 Å². The van der Waals surface area contributed by atoms with Gasteiger partial charge < -0.3 is 10.1 Å². The van der Waals surface area contributed by atoms with E-state index in [-0.39, 0.29) is 5.97 Å². The molecule has 0 bridgehead atoms. The number of rotatable bonds is 4. The van der Waals surface area contributed by atoms with Gasteiger partial charge in [-0.1, -0.05) is 6.07 Å². The minimum absolute atomic E-state index is 0.298. The molecule has 2 rings (SSSR count). The Balaban J connectivity index is 2.14. The predicted octanol–water partition coefficient (Wildman–Crippen LogP) is 3.76. The molecule has 0 aliphatic rings. The number of thiophene rings is 1. The molecule has 0 fully saturated rings. The summed E-state index contributed by atoms with van der Waals surface area (Å²) >= 11 is 1.77. The fraction of sp³-hybridized carbons (Fsp3) is 0.267. The summed E-state index contributed by atoms with van der Waals surface area (Å²) in [5.74, 6) is -0.298. The Labute approximate surface area is 117 Å². The Kier molecular flexibility index (Phi) is 4.22. The van der Waals surface area contributed by atoms with Crippen LogP contribution < -0.4 is 5.32 Å². The van der Waals surface area contributed by atoms with Crippen LogP contribution in [0.15, 0.2) is 30.3 Å². The number of nitrogens with one attached hydrogen (secondary N) is 1. The molecule has 0 saturated heterocycles. The summed E-state index contributed by atoms with van der Waals surface area (Å²) < 4.78 is 4.77. The molecule has 2 aromatic rings. The molecule has 3 nitrogen and oxygen atoms in total. The van der Waals surface area contributed by atoms with E-state index in [9.17, 15) is 4.79 Å². The summed E-state index contributed by atoms with van der Waals surface area (Å²) in [6.07, 6.45) is 0. The molecule has 4 heteroatoms. The first-order valence-electron chi connectivity index (χ1n) is 6.09. The van der Waals surface area contributed by atoms with Crippen molar-refractivity contribution in [3.05, 3.63) is 51.2 Å². The van der Waals surface area contributed by atoms with Gasteiger partial charge in [0.2, 0.25) is 0 Å². The van der Waals surface area contributed by atoms with Gasteiger partial charge in [-0.3, -0.25) is 0 Å². The van der Waals surface area contributed by atoms with Crippen LogP contribution in [0.2, 0.25) is 0 Å². The number of carbonyl (C=O) groups is 1. The standard InChI is InChI=1S/C15H17NO2S/c1-10-7-8-12(19-10)9-16-14-6-4-5-13(11(14)2)15(17)18-3/h4-8,16H,9H2,1-3H3. The van der Waals surface area contributed by atoms with Crippen molar-refractivity contribution in [2.45, 2.75) is 20.4 Å². The Morgan fingerprint density at radius 1 is 1.26 bits per heavy atom. The van der Waals surface area contributed by atoms with Gasteiger partial charge in [0.15, 0.2) is 0 Å². The molecule has 0 saturated carbocycles. The fourth-order valence-corrected chi connectivity index (χ4v) is 2.75. The maximum absolute atomic E-state index is 11.6. The van der Waals surface area contributed by atoms with Gasteiger partial charge in [0.05, 0.1) is 12.7 Å². The van der Waals surface area contributed by atoms with Crippen LogP contribution in [0.5, 0.6) is 0 Å². The highest BCUT2D eigenvalue weighted by atomic mass is 32.1. The maximum Gasteiger partial charge on any atom is 0.338 e. The third-order valence-electron chi connectivity index (χ3n) is 2.99. The van der Waals surface area contributed by atoms with E-state index in [1.165, 1.54) is 16.9 Å². The highest BCUT2D eigenvalue weighted by Gasteiger charge is 2.11. The second-order valence-electron chi connectivity index (χ2n) is 4.34. The Hall–Kier alpha value is -1.81. The van der Waals surface area contributed by atoms with Crippen molar-refractivity contribution in [1.29, 1.82) is 0 Å². The van der Waals surface area contributed by atoms with Crippen molar-refractivity contribution in [2.24, 2.45) is 0 Å². The van der Waals surface area contributed by atoms with Gasteiger partial charge in [0.25, 0.3) is 0 Å². The fourth-order valence-electron chi connectivity index (χ4n) is 1.92. The molecule has 0 atom stereocenters. The number of carbonyl (C=O) groups excluding carboxylic acids is 1. The van der Waals surface area contributed by atoms with Crippen molar-refractivity contribution < 1.29 is 9.53 Å². The zero-order valence-electron chi connectivity index (χ0n) is 11.3. The van der Waals surface area contributed by atoms with Gasteiger partial charge in [-0.05, 0) is 43.7 Å². The highest BCUT2D eigenvalue weighted by Crippen LogP contribution is 2.22. The number of ether oxygens (including phenoxy) is 1. The molecule has 0 unspecified atom stereocenters. The van der Waals surface area contributed by atoms with Gasteiger partial charge in [0.1, 0.15) is 0 Å². The molecular formula is C15H17NO2S. The second kappa shape index (κ2) is 5.89. The Morgan fingerprint density at radius 3 is 2.68 bits per heavy atom. The van der Waals surface area contributed by atoms with E-state index in [1.54, 1.807) is 17.4 Å². The van der Waals surface area contributed by atoms with Gasteiger partial charge in [0, 0.05) is 22.0 Å². The first-order chi connectivity index (χ1) is 9.11. The molecule has 1 heterocycles. The monoisotopic (exact) mass is 275 g/mol. The Bertz CT molecular complexity index is 590. The van der Waals surface area contributed by atoms with Crippen molar-refractivity contribution in [1.82, 2.24) is 0 Å². The zero-order chi connectivity index (χ0) is 13.8. The normalized spacial score (nSPS) is 10.3. The number of methoxy groups -OCH3 is 1. The molecule has 100 valence electrons. The largest absolute Gasteiger partial charge is 0.465 e. The number of benzene rings is 1. The van der Waals surface area contributed by atoms with E-state index < -0.39 is 0 Å². The summed E-state index contributed by atoms with van der Waals surface area (Å²) in [4.78, 5) is 14.2. The van der Waals surface area contributed by atoms with Crippen molar-refractivity contribution >= 4 is 23.0 Å². The first kappa shape index (κ1) is 13.6. The lowest BCUT2D eigenvalue weighted by Gasteiger charge is -2.11. The van der Waals surface area contributed by atoms with E-state index in [0.717, 1.165) is 17.8 Å². The third-order valence-corrected chi connectivity index (χ3v) is 3.99. The summed E-state index contributed by atoms with van der Waals surface area (Å²) in [7, 11) is 1.40. The zero-order valence-corrected chi connectivity index (χ0v) is 12.1. The number of hydrogen-bond donors (Lipinski definition) is 1. The van der Waals surface area contributed by atoms with E-state index in [0.29, 0.717) is 5.56 Å². The van der Waals surface area contributed by atoms with Crippen molar-refractivity contribution in [3.8, 4) is 0 Å². The molecule has 1 N–H and O–H groups in total. The van der Waals surface area contributed by atoms with Crippen molar-refractivity contribution in [2.75, 3.05) is 12.4 Å². The molecule has 19 heavy (non-hydrogen) atoms. The topological polar surface area (TPSA) is 38.3 Å². The number of hydrogen-bond acceptors (Lipinski definition) is 4. The number of esters is 1. The van der Waals surface area contributed by atoms with E-state index in [1.807, 2.05) is 19.1 Å². The first-order valence-corrected chi connectivity index (χ1v) is 6.90. The summed E-state index contributed by atoms with van der Waals surface area (Å²) in [5.41, 5.74) is 2.49. The number of aryl methyl sites for hydroxylation is 1. The quantitative estimate of drug-likeness (QED) is 0.863. The van der Waals surface area contributed by atoms with Crippen LogP contribution in [0.4, 0.5) is 5.69 Å². The van der Waals surface area contributed by atoms with Gasteiger partial charge in [-0.15, -0.1) is 11.3 Å². The molecule has 0 radical (unpaired) electrons. The van der Waals surface area contributed by atoms with Crippen molar-refractivity contribution in [3.63, 3.8) is 0 Å². The SMILES string of the molecule is COC(=O)c1cccc(NCc2ccc(C)s2)c1C. The minimum Gasteiger partial charge on any atom is -0.465 e. The average molecular weight is 275 g/mol. The predicted molar refractivity (Wildman–Crippen MR) is 78.9 cm³/mol. The van der Waals surface area contributed by atoms with Gasteiger partial charge in [-0.25, -0.2) is 4.79 Å². The summed E-state index contributed by atoms with van der Waals surface area (Å²) in [6.45, 7) is 4.79. The molecule has 0 aliphatic heterocycles. The summed E-state index contributed by atoms with van der Waals surface area (Å²) in [5, 5.41) is 3.36. The smallest absolute Gasteiger partial charge is 0.338 e. The van der Waals surface area contributed by atoms with Gasteiger partial charge in [-0.2, -0.15) is 0 Å². The van der Waals surface area contributed by atoms with Gasteiger partial charge >= 0.3 is 5.97 Å². The highest BCUT2D eigenvalue weighted by molar-refractivity contribution is 7.11. The molecule has 0 aliphatic carbocycles. The lowest BCUT2D eigenvalue weighted by atomic mass is 10.1. The van der Waals surface area contributed by atoms with Crippen LogP contribution in [0, 0.1) is 13.8 Å². The third kappa shape index (κ3) is 3.15. The average Bonchev–Trinajstić information content (AvgIpc) is 2.82. The second-order valence-corrected chi connectivity index (χ2v) is 5.71. The Morgan fingerprint density at radius 2 is 2.05 bits per heavy atom. The lowest BCUT2D eigenvalue weighted by molar-refractivity contribution is 0.0600. The molecule has 0 spiro atoms. The van der Waals surface area contributed by atoms with Crippen LogP contribution in [0.25, 0.3) is 0 Å². The number of anilines is 1. The molecule has 0 amide bonds. The molecule has 1 aromatic heterocycles.